The summed E-state index contributed by atoms with van der Waals surface area (Å²) >= 11 is 0. The summed E-state index contributed by atoms with van der Waals surface area (Å²) in [6, 6.07) is 13.3. The highest BCUT2D eigenvalue weighted by molar-refractivity contribution is 6.24. The van der Waals surface area contributed by atoms with E-state index in [1.807, 2.05) is 12.1 Å². The Balaban J connectivity index is 1.16. The maximum atomic E-state index is 12.6. The zero-order valence-corrected chi connectivity index (χ0v) is 19.2. The lowest BCUT2D eigenvalue weighted by Gasteiger charge is -2.38. The van der Waals surface area contributed by atoms with Crippen LogP contribution in [0.2, 0.25) is 0 Å². The molecule has 2 fully saturated rings. The number of carbonyl (C=O) groups excluding carboxylic acids is 3. The monoisotopic (exact) mass is 497 g/mol. The van der Waals surface area contributed by atoms with Crippen molar-refractivity contribution in [3.05, 3.63) is 67.1 Å². The number of hydrogen-bond donors (Lipinski definition) is 2. The average molecular weight is 497 g/mol. The summed E-state index contributed by atoms with van der Waals surface area (Å²) < 4.78 is 11.6. The average Bonchev–Trinajstić information content (AvgIpc) is 3.58. The van der Waals surface area contributed by atoms with Crippen molar-refractivity contribution in [1.82, 2.24) is 30.8 Å². The van der Waals surface area contributed by atoms with Crippen molar-refractivity contribution in [3.63, 3.8) is 0 Å². The van der Waals surface area contributed by atoms with Gasteiger partial charge in [-0.3, -0.25) is 20.2 Å². The normalized spacial score (nSPS) is 16.5. The Bertz CT molecular complexity index is 1470. The van der Waals surface area contributed by atoms with Crippen molar-refractivity contribution in [2.75, 3.05) is 11.4 Å². The second-order valence-corrected chi connectivity index (χ2v) is 8.47. The van der Waals surface area contributed by atoms with Gasteiger partial charge in [0.1, 0.15) is 11.4 Å². The lowest BCUT2D eigenvalue weighted by atomic mass is 9.92. The van der Waals surface area contributed by atoms with Crippen LogP contribution in [0.4, 0.5) is 10.5 Å². The summed E-state index contributed by atoms with van der Waals surface area (Å²) in [6.07, 6.45) is 5.63. The largest absolute Gasteiger partial charge is 0.439 e. The van der Waals surface area contributed by atoms with Crippen LogP contribution in [-0.2, 0) is 9.59 Å². The predicted octanol–water partition coefficient (Wildman–Crippen LogP) is 2.69. The number of oxazole rings is 1. The number of ether oxygens (including phenoxy) is 1. The standard InChI is InChI=1S/C25H19N7O5/c33-22-25(23(34)30-24(35)29-22)10-2-12-32(25)16-6-9-20(26-13-16)36-17-7-4-15(5-8-17)21-27-14-19(37-21)18-3-1-11-28-31-18/h1,3-9,11,13-14H,2,10,12H2,(H2,29,30,33,34,35). The number of carbonyl (C=O) groups is 3. The highest BCUT2D eigenvalue weighted by atomic mass is 16.5. The van der Waals surface area contributed by atoms with Crippen molar-refractivity contribution >= 4 is 23.5 Å². The molecule has 184 valence electrons. The van der Waals surface area contributed by atoms with Crippen LogP contribution in [0.15, 0.2) is 71.5 Å². The predicted molar refractivity (Wildman–Crippen MR) is 128 cm³/mol. The van der Waals surface area contributed by atoms with Crippen LogP contribution in [0.1, 0.15) is 12.8 Å². The molecule has 0 aliphatic carbocycles. The number of aromatic nitrogens is 4. The fraction of sp³-hybridized carbons (Fsp3) is 0.160. The highest BCUT2D eigenvalue weighted by Crippen LogP contribution is 2.36. The third-order valence-corrected chi connectivity index (χ3v) is 6.27. The summed E-state index contributed by atoms with van der Waals surface area (Å²) in [5, 5.41) is 12.3. The van der Waals surface area contributed by atoms with Gasteiger partial charge in [-0.2, -0.15) is 5.10 Å². The van der Waals surface area contributed by atoms with E-state index in [0.717, 1.165) is 5.56 Å². The molecule has 12 heteroatoms. The summed E-state index contributed by atoms with van der Waals surface area (Å²) in [5.74, 6) is 0.572. The minimum atomic E-state index is -1.47. The number of barbiturate groups is 1. The van der Waals surface area contributed by atoms with Crippen LogP contribution in [0.3, 0.4) is 0 Å². The molecular formula is C25H19N7O5. The van der Waals surface area contributed by atoms with Gasteiger partial charge in [0.05, 0.1) is 18.1 Å². The quantitative estimate of drug-likeness (QED) is 0.394. The first-order valence-electron chi connectivity index (χ1n) is 11.5. The molecule has 2 saturated heterocycles. The maximum Gasteiger partial charge on any atom is 0.328 e. The number of pyridine rings is 1. The number of hydrogen-bond acceptors (Lipinski definition) is 10. The van der Waals surface area contributed by atoms with Crippen molar-refractivity contribution < 1.29 is 23.5 Å². The maximum absolute atomic E-state index is 12.6. The molecular weight excluding hydrogens is 478 g/mol. The summed E-state index contributed by atoms with van der Waals surface area (Å²) in [4.78, 5) is 47.1. The van der Waals surface area contributed by atoms with Crippen molar-refractivity contribution in [2.24, 2.45) is 0 Å². The van der Waals surface area contributed by atoms with E-state index >= 15 is 0 Å². The van der Waals surface area contributed by atoms with Gasteiger partial charge in [0, 0.05) is 24.4 Å². The Hall–Kier alpha value is -5.13. The summed E-state index contributed by atoms with van der Waals surface area (Å²) in [6.45, 7) is 0.470. The van der Waals surface area contributed by atoms with E-state index in [4.69, 9.17) is 9.15 Å². The molecule has 37 heavy (non-hydrogen) atoms. The zero-order chi connectivity index (χ0) is 25.4. The number of nitrogens with zero attached hydrogens (tertiary/aromatic N) is 5. The van der Waals surface area contributed by atoms with Crippen molar-refractivity contribution in [2.45, 2.75) is 18.4 Å². The topological polar surface area (TPSA) is 152 Å². The van der Waals surface area contributed by atoms with E-state index in [1.54, 1.807) is 53.7 Å². The number of nitrogens with one attached hydrogen (secondary N) is 2. The first-order chi connectivity index (χ1) is 18.0. The minimum absolute atomic E-state index is 0.299. The third kappa shape index (κ3) is 3.93. The Kier molecular flexibility index (Phi) is 5.33. The number of urea groups is 1. The molecule has 0 saturated carbocycles. The molecule has 4 amide bonds. The highest BCUT2D eigenvalue weighted by Gasteiger charge is 2.57. The Labute approximate surface area is 209 Å². The van der Waals surface area contributed by atoms with Gasteiger partial charge in [0.15, 0.2) is 11.3 Å². The van der Waals surface area contributed by atoms with Gasteiger partial charge in [0.25, 0.3) is 11.8 Å². The van der Waals surface area contributed by atoms with E-state index < -0.39 is 23.4 Å². The van der Waals surface area contributed by atoms with Crippen LogP contribution in [-0.4, -0.2) is 50.1 Å². The second-order valence-electron chi connectivity index (χ2n) is 8.47. The van der Waals surface area contributed by atoms with E-state index in [2.05, 4.69) is 30.8 Å². The molecule has 6 rings (SSSR count). The number of imide groups is 2. The molecule has 1 spiro atoms. The van der Waals surface area contributed by atoms with Gasteiger partial charge in [-0.05, 0) is 55.3 Å². The number of anilines is 1. The zero-order valence-electron chi connectivity index (χ0n) is 19.2. The fourth-order valence-corrected chi connectivity index (χ4v) is 4.53. The lowest BCUT2D eigenvalue weighted by molar-refractivity contribution is -0.137. The first kappa shape index (κ1) is 22.3. The molecule has 1 aromatic carbocycles. The summed E-state index contributed by atoms with van der Waals surface area (Å²) in [7, 11) is 0. The molecule has 0 unspecified atom stereocenters. The van der Waals surface area contributed by atoms with Gasteiger partial charge >= 0.3 is 6.03 Å². The van der Waals surface area contributed by atoms with Gasteiger partial charge in [-0.1, -0.05) is 0 Å². The molecule has 0 bridgehead atoms. The Morgan fingerprint density at radius 3 is 2.46 bits per heavy atom. The van der Waals surface area contributed by atoms with Crippen LogP contribution >= 0.6 is 0 Å². The van der Waals surface area contributed by atoms with Gasteiger partial charge in [0.2, 0.25) is 11.8 Å². The molecule has 5 heterocycles. The number of benzene rings is 1. The number of rotatable bonds is 5. The lowest BCUT2D eigenvalue weighted by Crippen LogP contribution is -2.71. The molecule has 0 radical (unpaired) electrons. The Morgan fingerprint density at radius 2 is 1.76 bits per heavy atom. The molecule has 2 aliphatic heterocycles. The van der Waals surface area contributed by atoms with Crippen LogP contribution in [0.25, 0.3) is 22.9 Å². The molecule has 2 aliphatic rings. The van der Waals surface area contributed by atoms with E-state index in [1.165, 1.54) is 6.20 Å². The minimum Gasteiger partial charge on any atom is -0.439 e. The van der Waals surface area contributed by atoms with E-state index in [0.29, 0.717) is 54.0 Å². The van der Waals surface area contributed by atoms with Crippen molar-refractivity contribution in [3.8, 4) is 34.5 Å². The molecule has 0 atom stereocenters. The van der Waals surface area contributed by atoms with Gasteiger partial charge < -0.3 is 14.1 Å². The van der Waals surface area contributed by atoms with Crippen LogP contribution in [0, 0.1) is 0 Å². The fourth-order valence-electron chi connectivity index (χ4n) is 4.53. The van der Waals surface area contributed by atoms with Crippen LogP contribution in [0.5, 0.6) is 11.6 Å². The van der Waals surface area contributed by atoms with Crippen molar-refractivity contribution in [1.29, 1.82) is 0 Å². The number of amides is 4. The third-order valence-electron chi connectivity index (χ3n) is 6.27. The van der Waals surface area contributed by atoms with E-state index in [-0.39, 0.29) is 0 Å². The molecule has 3 aromatic heterocycles. The SMILES string of the molecule is O=C1NC(=O)C2(CCCN2c2ccc(Oc3ccc(-c4ncc(-c5cccnn5)o4)cc3)nc2)C(=O)N1. The van der Waals surface area contributed by atoms with E-state index in [9.17, 15) is 14.4 Å². The molecule has 4 aromatic rings. The smallest absolute Gasteiger partial charge is 0.328 e. The van der Waals surface area contributed by atoms with Gasteiger partial charge in [-0.25, -0.2) is 14.8 Å². The summed E-state index contributed by atoms with van der Waals surface area (Å²) in [5.41, 5.74) is 0.449. The van der Waals surface area contributed by atoms with Gasteiger partial charge in [-0.15, -0.1) is 5.10 Å². The molecule has 2 N–H and O–H groups in total. The molecule has 12 nitrogen and oxygen atoms in total. The first-order valence-corrected chi connectivity index (χ1v) is 11.5. The Morgan fingerprint density at radius 1 is 0.946 bits per heavy atom. The second kappa shape index (κ2) is 8.82. The van der Waals surface area contributed by atoms with Crippen LogP contribution < -0.4 is 20.3 Å².